The second-order valence-corrected chi connectivity index (χ2v) is 4.65. The second-order valence-electron chi connectivity index (χ2n) is 4.65. The molecule has 0 radical (unpaired) electrons. The molecule has 3 rings (SSSR count). The Morgan fingerprint density at radius 3 is 3.00 bits per heavy atom. The highest BCUT2D eigenvalue weighted by Crippen LogP contribution is 2.69. The van der Waals surface area contributed by atoms with Crippen LogP contribution in [0.2, 0.25) is 0 Å². The summed E-state index contributed by atoms with van der Waals surface area (Å²) >= 11 is 0. The van der Waals surface area contributed by atoms with E-state index in [0.717, 1.165) is 5.92 Å². The van der Waals surface area contributed by atoms with E-state index in [1.807, 2.05) is 0 Å². The molecule has 13 heavy (non-hydrogen) atoms. The van der Waals surface area contributed by atoms with Crippen LogP contribution in [0.25, 0.3) is 0 Å². The smallest absolute Gasteiger partial charge is 0.0493 e. The summed E-state index contributed by atoms with van der Waals surface area (Å²) in [6.07, 6.45) is 1.18. The van der Waals surface area contributed by atoms with Gasteiger partial charge >= 0.3 is 0 Å². The van der Waals surface area contributed by atoms with Crippen molar-refractivity contribution in [2.45, 2.75) is 19.3 Å². The van der Waals surface area contributed by atoms with Gasteiger partial charge in [-0.15, -0.1) is 0 Å². The van der Waals surface area contributed by atoms with Gasteiger partial charge in [0.25, 0.3) is 0 Å². The van der Waals surface area contributed by atoms with Gasteiger partial charge in [0, 0.05) is 12.0 Å². The lowest BCUT2D eigenvalue weighted by Crippen LogP contribution is -2.10. The molecule has 3 atom stereocenters. The lowest BCUT2D eigenvalue weighted by atomic mass is 9.94. The lowest BCUT2D eigenvalue weighted by molar-refractivity contribution is 0.206. The average Bonchev–Trinajstić information content (AvgIpc) is 2.60. The first-order valence-electron chi connectivity index (χ1n) is 4.96. The highest BCUT2D eigenvalue weighted by molar-refractivity contribution is 5.45. The third-order valence-electron chi connectivity index (χ3n) is 4.02. The summed E-state index contributed by atoms with van der Waals surface area (Å²) in [5.74, 6) is 1.36. The zero-order valence-electron chi connectivity index (χ0n) is 7.83. The number of rotatable bonds is 1. The molecule has 0 amide bonds. The number of aliphatic hydroxyl groups is 1. The molecule has 0 spiro atoms. The van der Waals surface area contributed by atoms with E-state index < -0.39 is 0 Å². The quantitative estimate of drug-likeness (QED) is 0.690. The molecular formula is C12H14O. The maximum Gasteiger partial charge on any atom is 0.0493 e. The summed E-state index contributed by atoms with van der Waals surface area (Å²) in [5.41, 5.74) is 3.20. The van der Waals surface area contributed by atoms with Crippen molar-refractivity contribution >= 4 is 0 Å². The van der Waals surface area contributed by atoms with Crippen molar-refractivity contribution < 1.29 is 5.11 Å². The molecule has 1 fully saturated rings. The second kappa shape index (κ2) is 2.16. The molecule has 0 bridgehead atoms. The van der Waals surface area contributed by atoms with Gasteiger partial charge in [0.15, 0.2) is 0 Å². The molecule has 2 aliphatic rings. The SMILES string of the molecule is CC1(CO)C2Cc3ccccc3C21. The number of hydrogen-bond donors (Lipinski definition) is 1. The van der Waals surface area contributed by atoms with Crippen LogP contribution in [-0.4, -0.2) is 11.7 Å². The van der Waals surface area contributed by atoms with Crippen LogP contribution in [0.3, 0.4) is 0 Å². The Bertz CT molecular complexity index is 358. The van der Waals surface area contributed by atoms with E-state index in [0.29, 0.717) is 12.5 Å². The Balaban J connectivity index is 2.04. The first kappa shape index (κ1) is 7.57. The van der Waals surface area contributed by atoms with Gasteiger partial charge in [-0.3, -0.25) is 0 Å². The Hall–Kier alpha value is -0.820. The summed E-state index contributed by atoms with van der Waals surface area (Å²) in [5, 5.41) is 9.30. The summed E-state index contributed by atoms with van der Waals surface area (Å²) < 4.78 is 0. The van der Waals surface area contributed by atoms with Gasteiger partial charge in [0.2, 0.25) is 0 Å². The first-order valence-corrected chi connectivity index (χ1v) is 4.96. The average molecular weight is 174 g/mol. The fourth-order valence-electron chi connectivity index (χ4n) is 3.06. The molecular weight excluding hydrogens is 160 g/mol. The first-order chi connectivity index (χ1) is 6.27. The lowest BCUT2D eigenvalue weighted by Gasteiger charge is -2.13. The van der Waals surface area contributed by atoms with Gasteiger partial charge < -0.3 is 5.11 Å². The third-order valence-corrected chi connectivity index (χ3v) is 4.02. The van der Waals surface area contributed by atoms with Crippen molar-refractivity contribution in [3.63, 3.8) is 0 Å². The zero-order valence-corrected chi connectivity index (χ0v) is 7.83. The summed E-state index contributed by atoms with van der Waals surface area (Å²) in [6, 6.07) is 8.66. The Labute approximate surface area is 78.4 Å². The van der Waals surface area contributed by atoms with Crippen molar-refractivity contribution in [1.29, 1.82) is 0 Å². The van der Waals surface area contributed by atoms with Gasteiger partial charge in [-0.05, 0) is 29.4 Å². The molecule has 68 valence electrons. The Morgan fingerprint density at radius 1 is 1.46 bits per heavy atom. The van der Waals surface area contributed by atoms with Crippen LogP contribution in [0.5, 0.6) is 0 Å². The van der Waals surface area contributed by atoms with Gasteiger partial charge in [-0.2, -0.15) is 0 Å². The minimum Gasteiger partial charge on any atom is -0.396 e. The number of aliphatic hydroxyl groups excluding tert-OH is 1. The molecule has 3 unspecified atom stereocenters. The number of fused-ring (bicyclic) bond motifs is 3. The molecule has 0 heterocycles. The van der Waals surface area contributed by atoms with Gasteiger partial charge in [-0.25, -0.2) is 0 Å². The van der Waals surface area contributed by atoms with Gasteiger partial charge in [0.1, 0.15) is 0 Å². The standard InChI is InChI=1S/C12H14O/c1-12(7-13)10-6-8-4-2-3-5-9(8)11(10)12/h2-5,10-11,13H,6-7H2,1H3. The van der Waals surface area contributed by atoms with E-state index in [-0.39, 0.29) is 5.41 Å². The number of hydrogen-bond acceptors (Lipinski definition) is 1. The van der Waals surface area contributed by atoms with Crippen molar-refractivity contribution in [2.24, 2.45) is 11.3 Å². The molecule has 0 aromatic heterocycles. The Kier molecular flexibility index (Phi) is 1.26. The molecule has 1 aromatic rings. The number of benzene rings is 1. The molecule has 1 saturated carbocycles. The third kappa shape index (κ3) is 0.761. The van der Waals surface area contributed by atoms with Gasteiger partial charge in [0.05, 0.1) is 0 Å². The maximum absolute atomic E-state index is 9.30. The predicted molar refractivity (Wildman–Crippen MR) is 51.6 cm³/mol. The molecule has 0 aliphatic heterocycles. The van der Waals surface area contributed by atoms with Crippen molar-refractivity contribution in [3.8, 4) is 0 Å². The molecule has 1 nitrogen and oxygen atoms in total. The van der Waals surface area contributed by atoms with E-state index in [2.05, 4.69) is 31.2 Å². The minimum absolute atomic E-state index is 0.203. The summed E-state index contributed by atoms with van der Waals surface area (Å²) in [6.45, 7) is 2.55. The molecule has 2 aliphatic carbocycles. The molecule has 1 N–H and O–H groups in total. The topological polar surface area (TPSA) is 20.2 Å². The van der Waals surface area contributed by atoms with Crippen LogP contribution < -0.4 is 0 Å². The fourth-order valence-corrected chi connectivity index (χ4v) is 3.06. The van der Waals surface area contributed by atoms with Crippen LogP contribution in [0.1, 0.15) is 24.0 Å². The summed E-state index contributed by atoms with van der Waals surface area (Å²) in [7, 11) is 0. The Morgan fingerprint density at radius 2 is 2.23 bits per heavy atom. The van der Waals surface area contributed by atoms with Crippen LogP contribution in [0, 0.1) is 11.3 Å². The van der Waals surface area contributed by atoms with Crippen molar-refractivity contribution in [3.05, 3.63) is 35.4 Å². The fraction of sp³-hybridized carbons (Fsp3) is 0.500. The highest BCUT2D eigenvalue weighted by Gasteiger charge is 2.64. The van der Waals surface area contributed by atoms with E-state index in [1.165, 1.54) is 17.5 Å². The van der Waals surface area contributed by atoms with E-state index in [4.69, 9.17) is 0 Å². The minimum atomic E-state index is 0.203. The maximum atomic E-state index is 9.30. The largest absolute Gasteiger partial charge is 0.396 e. The normalized spacial score (nSPS) is 39.8. The zero-order chi connectivity index (χ0) is 9.05. The molecule has 1 heteroatoms. The van der Waals surface area contributed by atoms with Crippen molar-refractivity contribution in [2.75, 3.05) is 6.61 Å². The molecule has 1 aromatic carbocycles. The van der Waals surface area contributed by atoms with Crippen LogP contribution in [-0.2, 0) is 6.42 Å². The van der Waals surface area contributed by atoms with E-state index in [1.54, 1.807) is 0 Å². The van der Waals surface area contributed by atoms with E-state index in [9.17, 15) is 5.11 Å². The predicted octanol–water partition coefficient (Wildman–Crippen LogP) is 1.95. The monoisotopic (exact) mass is 174 g/mol. The van der Waals surface area contributed by atoms with Crippen molar-refractivity contribution in [1.82, 2.24) is 0 Å². The summed E-state index contributed by atoms with van der Waals surface area (Å²) in [4.78, 5) is 0. The van der Waals surface area contributed by atoms with Crippen LogP contribution in [0.4, 0.5) is 0 Å². The molecule has 0 saturated heterocycles. The van der Waals surface area contributed by atoms with Gasteiger partial charge in [-0.1, -0.05) is 31.2 Å². The highest BCUT2D eigenvalue weighted by atomic mass is 16.3. The van der Waals surface area contributed by atoms with Crippen LogP contribution in [0.15, 0.2) is 24.3 Å². The van der Waals surface area contributed by atoms with E-state index >= 15 is 0 Å². The van der Waals surface area contributed by atoms with Crippen LogP contribution >= 0.6 is 0 Å².